The first kappa shape index (κ1) is 17.1. The second-order valence-corrected chi connectivity index (χ2v) is 7.10. The number of aromatic amines is 1. The fraction of sp³-hybridized carbons (Fsp3) is 0.278. The molecule has 0 saturated heterocycles. The summed E-state index contributed by atoms with van der Waals surface area (Å²) < 4.78 is 0. The van der Waals surface area contributed by atoms with Gasteiger partial charge in [0.2, 0.25) is 5.91 Å². The van der Waals surface area contributed by atoms with Gasteiger partial charge in [0.05, 0.1) is 28.7 Å². The van der Waals surface area contributed by atoms with Crippen LogP contribution in [0.2, 0.25) is 5.02 Å². The highest BCUT2D eigenvalue weighted by molar-refractivity contribution is 6.32. The standard InChI is InChI=1S/C18H17Cl2N5O/c1-2-12-17(25-9-11(20)4-6-16(25)24-12)18(26)21-8-15-22-13-5-3-10(19)7-14(13)23-15/h3-7,9,12,17H,2,8H2,1H3,(H,21,26)(H,22,23). The van der Waals surface area contributed by atoms with E-state index in [9.17, 15) is 4.79 Å². The fourth-order valence-electron chi connectivity index (χ4n) is 3.25. The molecule has 134 valence electrons. The summed E-state index contributed by atoms with van der Waals surface area (Å²) in [6.45, 7) is 2.32. The molecule has 3 heterocycles. The second-order valence-electron chi connectivity index (χ2n) is 6.23. The number of aromatic nitrogens is 2. The van der Waals surface area contributed by atoms with E-state index in [0.717, 1.165) is 23.3 Å². The normalized spacial score (nSPS) is 21.6. The average Bonchev–Trinajstić information content (AvgIpc) is 3.19. The third kappa shape index (κ3) is 3.10. The number of benzene rings is 1. The van der Waals surface area contributed by atoms with Crippen LogP contribution in [0, 0.1) is 0 Å². The van der Waals surface area contributed by atoms with Crippen molar-refractivity contribution in [3.63, 3.8) is 0 Å². The average molecular weight is 390 g/mol. The van der Waals surface area contributed by atoms with Crippen molar-refractivity contribution < 1.29 is 4.79 Å². The lowest BCUT2D eigenvalue weighted by molar-refractivity contribution is -0.124. The van der Waals surface area contributed by atoms with Gasteiger partial charge < -0.3 is 15.2 Å². The minimum atomic E-state index is -0.410. The smallest absolute Gasteiger partial charge is 0.245 e. The zero-order chi connectivity index (χ0) is 18.3. The number of H-pyrrole nitrogens is 1. The van der Waals surface area contributed by atoms with Gasteiger partial charge in [-0.05, 0) is 36.8 Å². The lowest BCUT2D eigenvalue weighted by atomic mass is 10.1. The molecule has 1 amide bonds. The number of hydrogen-bond donors (Lipinski definition) is 2. The van der Waals surface area contributed by atoms with Crippen LogP contribution in [0.4, 0.5) is 0 Å². The van der Waals surface area contributed by atoms with E-state index in [1.54, 1.807) is 18.3 Å². The number of nitrogens with zero attached hydrogens (tertiary/aromatic N) is 3. The number of hydrogen-bond acceptors (Lipinski definition) is 4. The minimum absolute atomic E-state index is 0.106. The van der Waals surface area contributed by atoms with Gasteiger partial charge in [0.1, 0.15) is 17.7 Å². The number of carbonyl (C=O) groups excluding carboxylic acids is 1. The Kier molecular flexibility index (Phi) is 4.46. The predicted molar refractivity (Wildman–Crippen MR) is 103 cm³/mol. The van der Waals surface area contributed by atoms with E-state index in [2.05, 4.69) is 20.3 Å². The molecule has 1 aromatic carbocycles. The number of amidine groups is 1. The molecule has 8 heteroatoms. The maximum atomic E-state index is 12.8. The van der Waals surface area contributed by atoms with Crippen molar-refractivity contribution in [3.8, 4) is 0 Å². The Balaban J connectivity index is 1.49. The number of imidazole rings is 1. The van der Waals surface area contributed by atoms with E-state index < -0.39 is 6.04 Å². The van der Waals surface area contributed by atoms with Crippen molar-refractivity contribution in [3.05, 3.63) is 52.4 Å². The number of amides is 1. The van der Waals surface area contributed by atoms with Gasteiger partial charge in [0.15, 0.2) is 0 Å². The third-order valence-electron chi connectivity index (χ3n) is 4.49. The molecule has 2 atom stereocenters. The van der Waals surface area contributed by atoms with Gasteiger partial charge in [0, 0.05) is 11.2 Å². The Morgan fingerprint density at radius 2 is 2.19 bits per heavy atom. The second kappa shape index (κ2) is 6.78. The first-order valence-corrected chi connectivity index (χ1v) is 9.14. The van der Waals surface area contributed by atoms with Gasteiger partial charge >= 0.3 is 0 Å². The van der Waals surface area contributed by atoms with Crippen molar-refractivity contribution in [1.29, 1.82) is 0 Å². The van der Waals surface area contributed by atoms with E-state index in [-0.39, 0.29) is 11.9 Å². The van der Waals surface area contributed by atoms with Crippen LogP contribution in [0.3, 0.4) is 0 Å². The summed E-state index contributed by atoms with van der Waals surface area (Å²) in [7, 11) is 0. The van der Waals surface area contributed by atoms with Crippen molar-refractivity contribution in [2.45, 2.75) is 32.0 Å². The zero-order valence-electron chi connectivity index (χ0n) is 14.0. The molecule has 2 unspecified atom stereocenters. The van der Waals surface area contributed by atoms with Crippen LogP contribution in [0.1, 0.15) is 19.2 Å². The molecule has 0 saturated carbocycles. The zero-order valence-corrected chi connectivity index (χ0v) is 15.6. The van der Waals surface area contributed by atoms with Crippen molar-refractivity contribution in [2.75, 3.05) is 0 Å². The highest BCUT2D eigenvalue weighted by Gasteiger charge is 2.39. The molecule has 0 fully saturated rings. The molecule has 2 aromatic rings. The lowest BCUT2D eigenvalue weighted by Gasteiger charge is -2.27. The molecule has 0 bridgehead atoms. The molecule has 2 aliphatic rings. The number of rotatable bonds is 4. The van der Waals surface area contributed by atoms with E-state index in [4.69, 9.17) is 23.2 Å². The third-order valence-corrected chi connectivity index (χ3v) is 4.95. The van der Waals surface area contributed by atoms with Crippen molar-refractivity contribution in [2.24, 2.45) is 4.99 Å². The van der Waals surface area contributed by atoms with Crippen LogP contribution in [0.5, 0.6) is 0 Å². The van der Waals surface area contributed by atoms with Crippen LogP contribution in [0.25, 0.3) is 11.0 Å². The highest BCUT2D eigenvalue weighted by atomic mass is 35.5. The molecule has 0 spiro atoms. The Morgan fingerprint density at radius 3 is 3.00 bits per heavy atom. The molecule has 6 nitrogen and oxygen atoms in total. The summed E-state index contributed by atoms with van der Waals surface area (Å²) in [5.41, 5.74) is 1.66. The van der Waals surface area contributed by atoms with Crippen LogP contribution < -0.4 is 5.32 Å². The number of nitrogens with one attached hydrogen (secondary N) is 2. The van der Waals surface area contributed by atoms with Gasteiger partial charge in [-0.1, -0.05) is 30.1 Å². The molecule has 2 N–H and O–H groups in total. The van der Waals surface area contributed by atoms with Gasteiger partial charge in [-0.2, -0.15) is 0 Å². The van der Waals surface area contributed by atoms with Gasteiger partial charge in [-0.15, -0.1) is 0 Å². The first-order chi connectivity index (χ1) is 12.5. The van der Waals surface area contributed by atoms with Crippen LogP contribution in [-0.2, 0) is 11.3 Å². The molecule has 4 rings (SSSR count). The summed E-state index contributed by atoms with van der Waals surface area (Å²) in [4.78, 5) is 26.9. The topological polar surface area (TPSA) is 73.4 Å². The summed E-state index contributed by atoms with van der Waals surface area (Å²) in [6.07, 6.45) is 6.13. The number of halogens is 2. The molecule has 0 aliphatic carbocycles. The molecule has 0 radical (unpaired) electrons. The molecular formula is C18H17Cl2N5O. The summed E-state index contributed by atoms with van der Waals surface area (Å²) in [5.74, 6) is 1.33. The summed E-state index contributed by atoms with van der Waals surface area (Å²) in [6, 6.07) is 4.93. The maximum absolute atomic E-state index is 12.8. The Labute approximate surface area is 160 Å². The predicted octanol–water partition coefficient (Wildman–Crippen LogP) is 3.34. The van der Waals surface area contributed by atoms with Gasteiger partial charge in [-0.25, -0.2) is 4.98 Å². The fourth-order valence-corrected chi connectivity index (χ4v) is 3.59. The Hall–Kier alpha value is -2.31. The van der Waals surface area contributed by atoms with E-state index >= 15 is 0 Å². The number of aliphatic imine (C=N–C) groups is 1. The van der Waals surface area contributed by atoms with Gasteiger partial charge in [0.25, 0.3) is 0 Å². The van der Waals surface area contributed by atoms with E-state index in [0.29, 0.717) is 22.4 Å². The first-order valence-electron chi connectivity index (χ1n) is 8.38. The Morgan fingerprint density at radius 1 is 1.35 bits per heavy atom. The Bertz CT molecular complexity index is 962. The SMILES string of the molecule is CCC1N=C2C=CC(Cl)=CN2C1C(=O)NCc1nc2ccc(Cl)cc2[nH]1. The van der Waals surface area contributed by atoms with Crippen LogP contribution in [0.15, 0.2) is 46.6 Å². The number of carbonyl (C=O) groups is 1. The molecule has 2 aliphatic heterocycles. The summed E-state index contributed by atoms with van der Waals surface area (Å²) >= 11 is 12.1. The molecule has 1 aromatic heterocycles. The van der Waals surface area contributed by atoms with Crippen LogP contribution >= 0.6 is 23.2 Å². The number of fused-ring (bicyclic) bond motifs is 2. The minimum Gasteiger partial charge on any atom is -0.347 e. The maximum Gasteiger partial charge on any atom is 0.245 e. The van der Waals surface area contributed by atoms with Gasteiger partial charge in [-0.3, -0.25) is 9.79 Å². The largest absolute Gasteiger partial charge is 0.347 e. The monoisotopic (exact) mass is 389 g/mol. The van der Waals surface area contributed by atoms with Crippen LogP contribution in [-0.4, -0.2) is 38.7 Å². The van der Waals surface area contributed by atoms with E-state index in [1.165, 1.54) is 0 Å². The molecule has 26 heavy (non-hydrogen) atoms. The molecular weight excluding hydrogens is 373 g/mol. The summed E-state index contributed by atoms with van der Waals surface area (Å²) in [5, 5.41) is 4.17. The van der Waals surface area contributed by atoms with E-state index in [1.807, 2.05) is 30.0 Å². The number of allylic oxidation sites excluding steroid dienone is 2. The quantitative estimate of drug-likeness (QED) is 0.841. The lowest BCUT2D eigenvalue weighted by Crippen LogP contribution is -2.48. The van der Waals surface area contributed by atoms with Crippen molar-refractivity contribution >= 4 is 46.0 Å². The van der Waals surface area contributed by atoms with Crippen molar-refractivity contribution in [1.82, 2.24) is 20.2 Å². The highest BCUT2D eigenvalue weighted by Crippen LogP contribution is 2.26.